The molecule has 0 amide bonds. The Kier molecular flexibility index (Phi) is 8.29. The Hall–Kier alpha value is -8.00. The van der Waals surface area contributed by atoms with Crippen LogP contribution in [0.5, 0.6) is 0 Å². The van der Waals surface area contributed by atoms with E-state index in [0.29, 0.717) is 0 Å². The molecule has 0 aromatic heterocycles. The fraction of sp³-hybridized carbons (Fsp3) is 0.118. The molecule has 0 bridgehead atoms. The first kappa shape index (κ1) is 40.1. The van der Waals surface area contributed by atoms with Gasteiger partial charge in [0.15, 0.2) is 0 Å². The van der Waals surface area contributed by atoms with Crippen molar-refractivity contribution in [1.29, 1.82) is 0 Å². The highest BCUT2D eigenvalue weighted by Crippen LogP contribution is 2.65. The zero-order valence-electron chi connectivity index (χ0n) is 39.5. The molecule has 0 heterocycles. The summed E-state index contributed by atoms with van der Waals surface area (Å²) in [5.74, 6) is 0. The smallest absolute Gasteiger partial charge is 0.0720 e. The van der Waals surface area contributed by atoms with Crippen LogP contribution in [0.3, 0.4) is 0 Å². The normalized spacial score (nSPS) is 16.0. The van der Waals surface area contributed by atoms with E-state index in [4.69, 9.17) is 0 Å². The molecule has 1 heteroatoms. The molecule has 4 aliphatic carbocycles. The molecule has 10 aromatic carbocycles. The summed E-state index contributed by atoms with van der Waals surface area (Å²) in [5, 5.41) is 0. The standard InChI is InChI=1S/C68H51N/c1-65(2)55-28-14-11-25-49(55)52-38-35-47(42-63(52)65)69(48-36-39-53-50-26-12-15-29-56(50)66(3,4)64(53)43-48)46-37-40-58-54(41-46)51-27-13-16-30-57(51)68(58)61-33-19-17-31-59(61)67(44-21-7-5-8-22-44,45-23-9-6-10-24-45)60-32-18-20-34-62(60)68/h5-43H,1-4H3. The first-order valence-electron chi connectivity index (χ1n) is 24.6. The summed E-state index contributed by atoms with van der Waals surface area (Å²) < 4.78 is 0. The minimum absolute atomic E-state index is 0.144. The summed E-state index contributed by atoms with van der Waals surface area (Å²) in [6.45, 7) is 9.54. The Morgan fingerprint density at radius 2 is 0.551 bits per heavy atom. The molecule has 0 radical (unpaired) electrons. The third-order valence-electron chi connectivity index (χ3n) is 16.8. The minimum atomic E-state index is -0.567. The predicted octanol–water partition coefficient (Wildman–Crippen LogP) is 16.8. The van der Waals surface area contributed by atoms with Crippen molar-refractivity contribution in [3.05, 3.63) is 303 Å². The van der Waals surface area contributed by atoms with Gasteiger partial charge in [-0.3, -0.25) is 0 Å². The fourth-order valence-electron chi connectivity index (χ4n) is 13.8. The highest BCUT2D eigenvalue weighted by molar-refractivity contribution is 5.94. The van der Waals surface area contributed by atoms with Gasteiger partial charge in [-0.1, -0.05) is 228 Å². The van der Waals surface area contributed by atoms with E-state index in [2.05, 4.69) is 269 Å². The van der Waals surface area contributed by atoms with Crippen LogP contribution in [0.2, 0.25) is 0 Å². The molecule has 328 valence electrons. The van der Waals surface area contributed by atoms with Gasteiger partial charge in [0.2, 0.25) is 0 Å². The number of fused-ring (bicyclic) bond motifs is 15. The van der Waals surface area contributed by atoms with E-state index in [1.165, 1.54) is 100 Å². The lowest BCUT2D eigenvalue weighted by Crippen LogP contribution is -2.44. The van der Waals surface area contributed by atoms with Crippen LogP contribution < -0.4 is 4.90 Å². The molecule has 10 aromatic rings. The van der Waals surface area contributed by atoms with Crippen LogP contribution in [0.15, 0.2) is 237 Å². The maximum atomic E-state index is 2.53. The molecule has 4 aliphatic rings. The van der Waals surface area contributed by atoms with Crippen LogP contribution in [0, 0.1) is 0 Å². The average molecular weight is 882 g/mol. The van der Waals surface area contributed by atoms with Crippen molar-refractivity contribution < 1.29 is 0 Å². The van der Waals surface area contributed by atoms with E-state index in [1.807, 2.05) is 0 Å². The zero-order valence-corrected chi connectivity index (χ0v) is 39.5. The topological polar surface area (TPSA) is 3.24 Å². The number of hydrogen-bond donors (Lipinski definition) is 0. The molecular formula is C68H51N. The zero-order chi connectivity index (χ0) is 46.3. The molecule has 1 nitrogen and oxygen atoms in total. The summed E-state index contributed by atoms with van der Waals surface area (Å²) >= 11 is 0. The van der Waals surface area contributed by atoms with Crippen molar-refractivity contribution in [2.75, 3.05) is 4.90 Å². The maximum absolute atomic E-state index is 2.53. The van der Waals surface area contributed by atoms with Gasteiger partial charge in [-0.15, -0.1) is 0 Å². The van der Waals surface area contributed by atoms with Crippen LogP contribution in [-0.2, 0) is 21.7 Å². The third kappa shape index (κ3) is 5.15. The Balaban J connectivity index is 1.03. The Labute approximate surface area is 406 Å². The van der Waals surface area contributed by atoms with Crippen molar-refractivity contribution in [1.82, 2.24) is 0 Å². The van der Waals surface area contributed by atoms with E-state index in [9.17, 15) is 0 Å². The molecule has 0 saturated heterocycles. The van der Waals surface area contributed by atoms with Crippen LogP contribution >= 0.6 is 0 Å². The lowest BCUT2D eigenvalue weighted by Gasteiger charge is -2.50. The van der Waals surface area contributed by atoms with E-state index in [-0.39, 0.29) is 10.8 Å². The first-order valence-corrected chi connectivity index (χ1v) is 24.6. The number of rotatable bonds is 5. The second kappa shape index (κ2) is 14.3. The van der Waals surface area contributed by atoms with E-state index in [0.717, 1.165) is 17.1 Å². The predicted molar refractivity (Wildman–Crippen MR) is 285 cm³/mol. The SMILES string of the molecule is CC1(C)c2ccccc2-c2ccc(N(c3ccc4c(c3)-c3ccccc3C43c4ccccc4C(c4ccccc4)(c4ccccc4)c4ccccc43)c3ccc4c(c3)C(C)(C)c3ccccc3-4)cc21. The van der Waals surface area contributed by atoms with Crippen molar-refractivity contribution in [3.63, 3.8) is 0 Å². The average Bonchev–Trinajstić information content (AvgIpc) is 3.91. The van der Waals surface area contributed by atoms with Crippen LogP contribution in [0.25, 0.3) is 33.4 Å². The third-order valence-corrected chi connectivity index (χ3v) is 16.8. The highest BCUT2D eigenvalue weighted by atomic mass is 15.1. The molecule has 0 atom stereocenters. The second-order valence-corrected chi connectivity index (χ2v) is 20.7. The second-order valence-electron chi connectivity index (χ2n) is 20.7. The summed E-state index contributed by atoms with van der Waals surface area (Å²) in [6, 6.07) is 90.0. The Morgan fingerprint density at radius 1 is 0.232 bits per heavy atom. The van der Waals surface area contributed by atoms with E-state index in [1.54, 1.807) is 0 Å². The lowest BCUT2D eigenvalue weighted by atomic mass is 9.51. The summed E-state index contributed by atoms with van der Waals surface area (Å²) in [6.07, 6.45) is 0. The summed E-state index contributed by atoms with van der Waals surface area (Å²) in [5.41, 5.74) is 25.9. The molecule has 0 N–H and O–H groups in total. The molecule has 0 unspecified atom stereocenters. The van der Waals surface area contributed by atoms with Crippen LogP contribution in [0.4, 0.5) is 17.1 Å². The highest BCUT2D eigenvalue weighted by Gasteiger charge is 2.56. The molecule has 69 heavy (non-hydrogen) atoms. The maximum Gasteiger partial charge on any atom is 0.0720 e. The Bertz CT molecular complexity index is 3540. The minimum Gasteiger partial charge on any atom is -0.310 e. The van der Waals surface area contributed by atoms with Gasteiger partial charge in [0.05, 0.1) is 10.8 Å². The van der Waals surface area contributed by atoms with Gasteiger partial charge in [-0.05, 0) is 137 Å². The molecule has 0 saturated carbocycles. The van der Waals surface area contributed by atoms with Gasteiger partial charge in [-0.25, -0.2) is 0 Å². The number of benzene rings is 10. The molecular weight excluding hydrogens is 831 g/mol. The van der Waals surface area contributed by atoms with Gasteiger partial charge >= 0.3 is 0 Å². The van der Waals surface area contributed by atoms with Crippen molar-refractivity contribution in [2.45, 2.75) is 49.4 Å². The molecule has 1 spiro atoms. The van der Waals surface area contributed by atoms with Gasteiger partial charge in [0.1, 0.15) is 0 Å². The lowest BCUT2D eigenvalue weighted by molar-refractivity contribution is 0.623. The molecule has 0 aliphatic heterocycles. The van der Waals surface area contributed by atoms with Crippen LogP contribution in [0.1, 0.15) is 94.5 Å². The Morgan fingerprint density at radius 3 is 1.01 bits per heavy atom. The number of hydrogen-bond acceptors (Lipinski definition) is 1. The largest absolute Gasteiger partial charge is 0.310 e. The summed E-state index contributed by atoms with van der Waals surface area (Å²) in [7, 11) is 0. The van der Waals surface area contributed by atoms with Gasteiger partial charge < -0.3 is 4.90 Å². The van der Waals surface area contributed by atoms with Crippen molar-refractivity contribution >= 4 is 17.1 Å². The summed E-state index contributed by atoms with van der Waals surface area (Å²) in [4.78, 5) is 2.53. The number of nitrogens with zero attached hydrogens (tertiary/aromatic N) is 1. The van der Waals surface area contributed by atoms with Crippen LogP contribution in [-0.4, -0.2) is 0 Å². The van der Waals surface area contributed by atoms with E-state index >= 15 is 0 Å². The van der Waals surface area contributed by atoms with Crippen molar-refractivity contribution in [3.8, 4) is 33.4 Å². The molecule has 14 rings (SSSR count). The van der Waals surface area contributed by atoms with Gasteiger partial charge in [0, 0.05) is 27.9 Å². The number of anilines is 3. The fourth-order valence-corrected chi connectivity index (χ4v) is 13.8. The van der Waals surface area contributed by atoms with Gasteiger partial charge in [0.25, 0.3) is 0 Å². The monoisotopic (exact) mass is 881 g/mol. The quantitative estimate of drug-likeness (QED) is 0.166. The van der Waals surface area contributed by atoms with E-state index < -0.39 is 10.8 Å². The van der Waals surface area contributed by atoms with Crippen molar-refractivity contribution in [2.24, 2.45) is 0 Å². The molecule has 0 fully saturated rings. The first-order chi connectivity index (χ1) is 33.7. The van der Waals surface area contributed by atoms with Gasteiger partial charge in [-0.2, -0.15) is 0 Å².